The first kappa shape index (κ1) is 24.8. The van der Waals surface area contributed by atoms with Gasteiger partial charge in [-0.3, -0.25) is 14.4 Å². The molecule has 0 saturated carbocycles. The molecule has 9 heteroatoms. The van der Waals surface area contributed by atoms with Gasteiger partial charge in [0.15, 0.2) is 0 Å². The predicted molar refractivity (Wildman–Crippen MR) is 123 cm³/mol. The topological polar surface area (TPSA) is 122 Å². The van der Waals surface area contributed by atoms with Crippen LogP contribution in [0.2, 0.25) is 0 Å². The largest absolute Gasteiger partial charge is 0.481 e. The summed E-state index contributed by atoms with van der Waals surface area (Å²) in [6.07, 6.45) is -1.31. The maximum absolute atomic E-state index is 12.9. The molecule has 0 spiro atoms. The van der Waals surface area contributed by atoms with Crippen LogP contribution in [-0.4, -0.2) is 66.8 Å². The molecule has 1 atom stereocenters. The third-order valence-corrected chi connectivity index (χ3v) is 5.82. The van der Waals surface area contributed by atoms with E-state index >= 15 is 0 Å². The van der Waals surface area contributed by atoms with E-state index in [1.54, 1.807) is 6.92 Å². The van der Waals surface area contributed by atoms with Crippen LogP contribution in [-0.2, 0) is 23.9 Å². The van der Waals surface area contributed by atoms with Crippen LogP contribution in [0.4, 0.5) is 4.79 Å². The van der Waals surface area contributed by atoms with Crippen LogP contribution >= 0.6 is 0 Å². The molecule has 1 aliphatic carbocycles. The first-order chi connectivity index (χ1) is 16.3. The van der Waals surface area contributed by atoms with E-state index in [-0.39, 0.29) is 38.5 Å². The highest BCUT2D eigenvalue weighted by atomic mass is 16.5. The zero-order valence-corrected chi connectivity index (χ0v) is 19.2. The van der Waals surface area contributed by atoms with Crippen LogP contribution in [0.25, 0.3) is 11.1 Å². The zero-order valence-electron chi connectivity index (χ0n) is 19.2. The molecule has 3 rings (SSSR count). The van der Waals surface area contributed by atoms with Crippen molar-refractivity contribution < 1.29 is 33.8 Å². The first-order valence-electron chi connectivity index (χ1n) is 11.0. The van der Waals surface area contributed by atoms with E-state index in [0.717, 1.165) is 22.3 Å². The number of alkyl carbamates (subject to hydrolysis) is 1. The number of nitrogens with one attached hydrogen (secondary N) is 1. The van der Waals surface area contributed by atoms with Crippen LogP contribution in [0, 0.1) is 0 Å². The summed E-state index contributed by atoms with van der Waals surface area (Å²) < 4.78 is 10.1. The number of amides is 2. The second-order valence-electron chi connectivity index (χ2n) is 7.88. The summed E-state index contributed by atoms with van der Waals surface area (Å²) in [6.45, 7) is 1.60. The van der Waals surface area contributed by atoms with Crippen LogP contribution < -0.4 is 5.32 Å². The fourth-order valence-electron chi connectivity index (χ4n) is 4.09. The maximum Gasteiger partial charge on any atom is 0.407 e. The Bertz CT molecular complexity index is 1020. The van der Waals surface area contributed by atoms with Gasteiger partial charge in [0.25, 0.3) is 0 Å². The fourth-order valence-corrected chi connectivity index (χ4v) is 4.09. The quantitative estimate of drug-likeness (QED) is 0.514. The molecule has 0 radical (unpaired) electrons. The van der Waals surface area contributed by atoms with Gasteiger partial charge >= 0.3 is 18.0 Å². The Morgan fingerprint density at radius 1 is 1.03 bits per heavy atom. The molecule has 0 saturated heterocycles. The van der Waals surface area contributed by atoms with Crippen molar-refractivity contribution >= 4 is 23.9 Å². The Morgan fingerprint density at radius 2 is 1.62 bits per heavy atom. The number of methoxy groups -OCH3 is 1. The van der Waals surface area contributed by atoms with Crippen molar-refractivity contribution in [2.24, 2.45) is 0 Å². The fraction of sp³-hybridized carbons (Fsp3) is 0.360. The summed E-state index contributed by atoms with van der Waals surface area (Å²) in [5.74, 6) is -2.46. The van der Waals surface area contributed by atoms with Crippen molar-refractivity contribution in [3.63, 3.8) is 0 Å². The van der Waals surface area contributed by atoms with E-state index < -0.39 is 30.0 Å². The normalized spacial score (nSPS) is 12.8. The number of nitrogens with zero attached hydrogens (tertiary/aromatic N) is 1. The lowest BCUT2D eigenvalue weighted by molar-refractivity contribution is -0.148. The molecule has 1 unspecified atom stereocenters. The van der Waals surface area contributed by atoms with Crippen molar-refractivity contribution in [2.45, 2.75) is 31.7 Å². The third-order valence-electron chi connectivity index (χ3n) is 5.82. The number of rotatable bonds is 10. The number of fused-ring (bicyclic) bond motifs is 3. The minimum absolute atomic E-state index is 0.0549. The van der Waals surface area contributed by atoms with Crippen molar-refractivity contribution in [1.82, 2.24) is 10.2 Å². The van der Waals surface area contributed by atoms with Gasteiger partial charge in [-0.05, 0) is 35.6 Å². The Balaban J connectivity index is 1.69. The highest BCUT2D eigenvalue weighted by Gasteiger charge is 2.31. The highest BCUT2D eigenvalue weighted by molar-refractivity contribution is 5.89. The number of aliphatic carboxylic acids is 1. The Labute approximate surface area is 197 Å². The van der Waals surface area contributed by atoms with Gasteiger partial charge in [0.05, 0.1) is 7.11 Å². The number of esters is 1. The zero-order chi connectivity index (χ0) is 24.7. The second kappa shape index (κ2) is 11.3. The first-order valence-corrected chi connectivity index (χ1v) is 11.0. The molecule has 0 aliphatic heterocycles. The van der Waals surface area contributed by atoms with Gasteiger partial charge in [0.2, 0.25) is 5.91 Å². The highest BCUT2D eigenvalue weighted by Crippen LogP contribution is 2.44. The van der Waals surface area contributed by atoms with Crippen LogP contribution in [0.3, 0.4) is 0 Å². The number of hydrogen-bond acceptors (Lipinski definition) is 6. The molecule has 0 bridgehead atoms. The van der Waals surface area contributed by atoms with Gasteiger partial charge in [-0.1, -0.05) is 48.5 Å². The Kier molecular flexibility index (Phi) is 8.24. The minimum atomic E-state index is -1.16. The molecule has 34 heavy (non-hydrogen) atoms. The SMILES string of the molecule is CCN(CC(=O)OC)C(=O)C(CCC(=O)O)NC(=O)OCC1c2ccccc2-c2ccccc21. The van der Waals surface area contributed by atoms with Crippen LogP contribution in [0.15, 0.2) is 48.5 Å². The van der Waals surface area contributed by atoms with E-state index in [9.17, 15) is 19.2 Å². The van der Waals surface area contributed by atoms with Crippen molar-refractivity contribution in [2.75, 3.05) is 26.8 Å². The molecular weight excluding hydrogens is 440 g/mol. The van der Waals surface area contributed by atoms with E-state index in [4.69, 9.17) is 9.84 Å². The Hall–Kier alpha value is -3.88. The van der Waals surface area contributed by atoms with E-state index in [1.165, 1.54) is 12.0 Å². The van der Waals surface area contributed by atoms with Gasteiger partial charge in [0.1, 0.15) is 19.2 Å². The lowest BCUT2D eigenvalue weighted by atomic mass is 9.98. The molecule has 0 fully saturated rings. The molecule has 0 aromatic heterocycles. The van der Waals surface area contributed by atoms with E-state index in [2.05, 4.69) is 10.1 Å². The van der Waals surface area contributed by atoms with Crippen LogP contribution in [0.5, 0.6) is 0 Å². The lowest BCUT2D eigenvalue weighted by Gasteiger charge is -2.26. The predicted octanol–water partition coefficient (Wildman–Crippen LogP) is 2.78. The standard InChI is InChI=1S/C25H28N2O7/c1-3-27(14-23(30)33-2)24(31)21(12-13-22(28)29)26-25(32)34-15-20-18-10-6-4-8-16(18)17-9-5-7-11-19(17)20/h4-11,20-21H,3,12-15H2,1-2H3,(H,26,32)(H,28,29). The number of hydrogen-bond donors (Lipinski definition) is 2. The molecule has 2 aromatic carbocycles. The molecule has 2 amide bonds. The molecule has 2 aromatic rings. The molecule has 9 nitrogen and oxygen atoms in total. The monoisotopic (exact) mass is 468 g/mol. The number of benzene rings is 2. The van der Waals surface area contributed by atoms with Gasteiger partial charge < -0.3 is 24.8 Å². The van der Waals surface area contributed by atoms with Gasteiger partial charge in [-0.15, -0.1) is 0 Å². The average Bonchev–Trinajstić information content (AvgIpc) is 3.16. The van der Waals surface area contributed by atoms with Gasteiger partial charge in [-0.2, -0.15) is 0 Å². The number of carbonyl (C=O) groups excluding carboxylic acids is 3. The summed E-state index contributed by atoms with van der Waals surface area (Å²) >= 11 is 0. The van der Waals surface area contributed by atoms with Crippen molar-refractivity contribution in [3.8, 4) is 11.1 Å². The summed E-state index contributed by atoms with van der Waals surface area (Å²) in [6, 6.07) is 14.6. The smallest absolute Gasteiger partial charge is 0.407 e. The van der Waals surface area contributed by atoms with Crippen molar-refractivity contribution in [1.29, 1.82) is 0 Å². The summed E-state index contributed by atoms with van der Waals surface area (Å²) in [5.41, 5.74) is 4.27. The molecular formula is C25H28N2O7. The van der Waals surface area contributed by atoms with Crippen LogP contribution in [0.1, 0.15) is 36.8 Å². The molecule has 180 valence electrons. The Morgan fingerprint density at radius 3 is 2.15 bits per heavy atom. The summed E-state index contributed by atoms with van der Waals surface area (Å²) in [4.78, 5) is 49.4. The van der Waals surface area contributed by atoms with E-state index in [1.807, 2.05) is 48.5 Å². The minimum Gasteiger partial charge on any atom is -0.481 e. The third kappa shape index (κ3) is 5.72. The number of carboxylic acids is 1. The molecule has 1 aliphatic rings. The molecule has 2 N–H and O–H groups in total. The maximum atomic E-state index is 12.9. The lowest BCUT2D eigenvalue weighted by Crippen LogP contribution is -2.50. The van der Waals surface area contributed by atoms with Gasteiger partial charge in [-0.25, -0.2) is 4.79 Å². The van der Waals surface area contributed by atoms with Gasteiger partial charge in [0, 0.05) is 18.9 Å². The van der Waals surface area contributed by atoms with Crippen molar-refractivity contribution in [3.05, 3.63) is 59.7 Å². The second-order valence-corrected chi connectivity index (χ2v) is 7.88. The number of carboxylic acid groups (broad SMARTS) is 1. The van der Waals surface area contributed by atoms with E-state index in [0.29, 0.717) is 0 Å². The average molecular weight is 469 g/mol. The number of ether oxygens (including phenoxy) is 2. The summed E-state index contributed by atoms with van der Waals surface area (Å²) in [7, 11) is 1.21. The molecule has 0 heterocycles. The number of carbonyl (C=O) groups is 4. The summed E-state index contributed by atoms with van der Waals surface area (Å²) in [5, 5.41) is 11.5. The number of likely N-dealkylation sites (N-methyl/N-ethyl adjacent to an activating group) is 1.